The van der Waals surface area contributed by atoms with E-state index >= 15 is 0 Å². The molecule has 1 aliphatic carbocycles. The molecule has 1 spiro atoms. The van der Waals surface area contributed by atoms with Crippen LogP contribution >= 0.6 is 0 Å². The first kappa shape index (κ1) is 20.8. The predicted octanol–water partition coefficient (Wildman–Crippen LogP) is 2.96. The zero-order valence-corrected chi connectivity index (χ0v) is 19.1. The van der Waals surface area contributed by atoms with Gasteiger partial charge in [-0.25, -0.2) is 4.98 Å². The molecule has 34 heavy (non-hydrogen) atoms. The zero-order valence-electron chi connectivity index (χ0n) is 19.1. The van der Waals surface area contributed by atoms with Crippen LogP contribution in [0.4, 0.5) is 17.5 Å². The van der Waals surface area contributed by atoms with Crippen LogP contribution in [-0.4, -0.2) is 44.1 Å². The molecule has 2 aliphatic heterocycles. The van der Waals surface area contributed by atoms with E-state index in [0.717, 1.165) is 48.1 Å². The number of fused-ring (bicyclic) bond motifs is 1. The third-order valence-corrected chi connectivity index (χ3v) is 7.33. The van der Waals surface area contributed by atoms with Gasteiger partial charge in [-0.1, -0.05) is 25.0 Å². The fourth-order valence-electron chi connectivity index (χ4n) is 5.51. The van der Waals surface area contributed by atoms with Crippen LogP contribution in [0.3, 0.4) is 0 Å². The number of carbonyl (C=O) groups excluding carboxylic acids is 2. The van der Waals surface area contributed by atoms with Crippen molar-refractivity contribution in [2.24, 2.45) is 12.5 Å². The van der Waals surface area contributed by atoms with Crippen LogP contribution in [0.15, 0.2) is 42.9 Å². The summed E-state index contributed by atoms with van der Waals surface area (Å²) in [4.78, 5) is 37.6. The molecule has 4 heterocycles. The summed E-state index contributed by atoms with van der Waals surface area (Å²) in [7, 11) is 1.90. The van der Waals surface area contributed by atoms with Crippen LogP contribution < -0.4 is 15.5 Å². The predicted molar refractivity (Wildman–Crippen MR) is 127 cm³/mol. The second-order valence-electron chi connectivity index (χ2n) is 9.53. The zero-order chi connectivity index (χ0) is 23.3. The molecule has 2 N–H and O–H groups in total. The van der Waals surface area contributed by atoms with Gasteiger partial charge in [0, 0.05) is 55.3 Å². The number of benzene rings is 1. The fraction of sp³-hybridized carbons (Fsp3) is 0.400. The first-order valence-corrected chi connectivity index (χ1v) is 11.9. The van der Waals surface area contributed by atoms with Crippen LogP contribution in [0.5, 0.6) is 0 Å². The molecule has 6 rings (SSSR count). The summed E-state index contributed by atoms with van der Waals surface area (Å²) in [6.45, 7) is 0.536. The highest BCUT2D eigenvalue weighted by Crippen LogP contribution is 2.44. The average molecular weight is 458 g/mol. The number of rotatable bonds is 4. The number of aryl methyl sites for hydroxylation is 1. The van der Waals surface area contributed by atoms with Crippen LogP contribution in [0.25, 0.3) is 11.1 Å². The van der Waals surface area contributed by atoms with Crippen LogP contribution in [-0.2, 0) is 23.1 Å². The molecule has 174 valence electrons. The number of aromatic nitrogens is 4. The molecule has 1 atom stereocenters. The van der Waals surface area contributed by atoms with Crippen molar-refractivity contribution in [3.63, 3.8) is 0 Å². The highest BCUT2D eigenvalue weighted by atomic mass is 16.2. The maximum atomic E-state index is 13.7. The number of anilines is 3. The Bertz CT molecular complexity index is 1260. The number of hydrogen-bond donors (Lipinski definition) is 2. The summed E-state index contributed by atoms with van der Waals surface area (Å²) in [5, 5.41) is 10.4. The summed E-state index contributed by atoms with van der Waals surface area (Å²) in [6, 6.07) is 8.08. The van der Waals surface area contributed by atoms with Crippen molar-refractivity contribution in [1.29, 1.82) is 0 Å². The van der Waals surface area contributed by atoms with Crippen molar-refractivity contribution in [2.75, 3.05) is 16.8 Å². The smallest absolute Gasteiger partial charge is 0.244 e. The van der Waals surface area contributed by atoms with Crippen LogP contribution in [0.1, 0.15) is 37.7 Å². The first-order chi connectivity index (χ1) is 16.5. The van der Waals surface area contributed by atoms with Gasteiger partial charge in [-0.15, -0.1) is 0 Å². The summed E-state index contributed by atoms with van der Waals surface area (Å²) < 4.78 is 1.78. The van der Waals surface area contributed by atoms with E-state index in [9.17, 15) is 9.59 Å². The van der Waals surface area contributed by atoms with E-state index in [0.29, 0.717) is 31.2 Å². The van der Waals surface area contributed by atoms with Crippen molar-refractivity contribution < 1.29 is 9.59 Å². The monoisotopic (exact) mass is 457 g/mol. The highest BCUT2D eigenvalue weighted by Gasteiger charge is 2.56. The van der Waals surface area contributed by atoms with E-state index in [-0.39, 0.29) is 17.9 Å². The second kappa shape index (κ2) is 7.93. The molecule has 2 fully saturated rings. The van der Waals surface area contributed by atoms with E-state index in [1.807, 2.05) is 48.6 Å². The molecule has 3 aromatic rings. The van der Waals surface area contributed by atoms with E-state index in [1.54, 1.807) is 10.9 Å². The minimum Gasteiger partial charge on any atom is -0.355 e. The summed E-state index contributed by atoms with van der Waals surface area (Å²) in [6.07, 6.45) is 10.5. The minimum absolute atomic E-state index is 0.0818. The molecular weight excluding hydrogens is 430 g/mol. The molecule has 1 saturated carbocycles. The lowest BCUT2D eigenvalue weighted by molar-refractivity contribution is -0.140. The van der Waals surface area contributed by atoms with E-state index in [2.05, 4.69) is 20.7 Å². The molecular formula is C25H27N7O2. The van der Waals surface area contributed by atoms with E-state index in [1.165, 1.54) is 0 Å². The number of amides is 2. The summed E-state index contributed by atoms with van der Waals surface area (Å²) in [5.74, 6) is 0.816. The lowest BCUT2D eigenvalue weighted by atomic mass is 9.76. The van der Waals surface area contributed by atoms with Gasteiger partial charge >= 0.3 is 0 Å². The molecule has 1 aromatic carbocycles. The van der Waals surface area contributed by atoms with Crippen molar-refractivity contribution in [1.82, 2.24) is 25.1 Å². The highest BCUT2D eigenvalue weighted by molar-refractivity contribution is 6.14. The molecule has 0 radical (unpaired) electrons. The average Bonchev–Trinajstić information content (AvgIpc) is 3.59. The SMILES string of the molecule is Cn1cc(-c2ccc(Nc3ncc4c(n3)N(C3CCCC3)C(=O)[C@]3(CCNC3=O)C4)cc2)cn1. The van der Waals surface area contributed by atoms with E-state index in [4.69, 9.17) is 4.98 Å². The minimum atomic E-state index is -1.02. The van der Waals surface area contributed by atoms with Crippen LogP contribution in [0, 0.1) is 5.41 Å². The van der Waals surface area contributed by atoms with Gasteiger partial charge in [0.05, 0.1) is 6.20 Å². The maximum Gasteiger partial charge on any atom is 0.244 e. The number of carbonyl (C=O) groups is 2. The lowest BCUT2D eigenvalue weighted by Gasteiger charge is -2.40. The van der Waals surface area contributed by atoms with Gasteiger partial charge < -0.3 is 10.6 Å². The maximum absolute atomic E-state index is 13.7. The Kier molecular flexibility index (Phi) is 4.86. The summed E-state index contributed by atoms with van der Waals surface area (Å²) >= 11 is 0. The Labute approximate surface area is 197 Å². The van der Waals surface area contributed by atoms with Gasteiger partial charge in [-0.3, -0.25) is 19.2 Å². The Hall–Kier alpha value is -3.75. The quantitative estimate of drug-likeness (QED) is 0.584. The van der Waals surface area contributed by atoms with Gasteiger partial charge in [0.1, 0.15) is 11.2 Å². The molecule has 9 heteroatoms. The molecule has 9 nitrogen and oxygen atoms in total. The van der Waals surface area contributed by atoms with Gasteiger partial charge in [0.2, 0.25) is 17.8 Å². The van der Waals surface area contributed by atoms with E-state index < -0.39 is 5.41 Å². The topological polar surface area (TPSA) is 105 Å². The van der Waals surface area contributed by atoms with Gasteiger partial charge in [-0.05, 0) is 37.0 Å². The Balaban J connectivity index is 1.31. The Morgan fingerprint density at radius 2 is 1.88 bits per heavy atom. The van der Waals surface area contributed by atoms with Crippen molar-refractivity contribution in [3.8, 4) is 11.1 Å². The van der Waals surface area contributed by atoms with Crippen molar-refractivity contribution >= 4 is 29.3 Å². The second-order valence-corrected chi connectivity index (χ2v) is 9.53. The summed E-state index contributed by atoms with van der Waals surface area (Å²) in [5.41, 5.74) is 2.82. The molecule has 0 bridgehead atoms. The standard InChI is InChI=1S/C25H27N7O2/c1-31-15-18(14-28-31)16-6-8-19(9-7-16)29-24-27-13-17-12-25(10-11-26-22(25)33)23(34)32(21(17)30-24)20-4-2-3-5-20/h6-9,13-15,20H,2-5,10-12H2,1H3,(H,26,33)(H,27,29,30)/t25-/m1/s1. The molecule has 3 aliphatic rings. The molecule has 2 aromatic heterocycles. The van der Waals surface area contributed by atoms with Crippen LogP contribution in [0.2, 0.25) is 0 Å². The molecule has 1 saturated heterocycles. The Morgan fingerprint density at radius 3 is 2.56 bits per heavy atom. The van der Waals surface area contributed by atoms with Gasteiger partial charge in [0.15, 0.2) is 0 Å². The molecule has 0 unspecified atom stereocenters. The number of nitrogens with zero attached hydrogens (tertiary/aromatic N) is 5. The number of hydrogen-bond acceptors (Lipinski definition) is 6. The van der Waals surface area contributed by atoms with Gasteiger partial charge in [-0.2, -0.15) is 10.1 Å². The first-order valence-electron chi connectivity index (χ1n) is 11.9. The normalized spacial score (nSPS) is 22.3. The van der Waals surface area contributed by atoms with Crippen molar-refractivity contribution in [3.05, 3.63) is 48.4 Å². The lowest BCUT2D eigenvalue weighted by Crippen LogP contribution is -2.56. The fourth-order valence-corrected chi connectivity index (χ4v) is 5.51. The van der Waals surface area contributed by atoms with Gasteiger partial charge in [0.25, 0.3) is 0 Å². The van der Waals surface area contributed by atoms with Crippen molar-refractivity contribution in [2.45, 2.75) is 44.6 Å². The number of nitrogens with one attached hydrogen (secondary N) is 2. The Morgan fingerprint density at radius 1 is 1.09 bits per heavy atom. The third kappa shape index (κ3) is 3.34. The third-order valence-electron chi connectivity index (χ3n) is 7.33. The largest absolute Gasteiger partial charge is 0.355 e. The molecule has 2 amide bonds.